The topological polar surface area (TPSA) is 61.4 Å². The Kier molecular flexibility index (Phi) is 7.46. The van der Waals surface area contributed by atoms with Crippen LogP contribution in [0.25, 0.3) is 0 Å². The van der Waals surface area contributed by atoms with Crippen molar-refractivity contribution in [2.45, 2.75) is 38.1 Å². The van der Waals surface area contributed by atoms with Crippen LogP contribution in [-0.2, 0) is 9.59 Å². The van der Waals surface area contributed by atoms with Gasteiger partial charge in [0.05, 0.1) is 6.04 Å². The molecule has 1 heterocycles. The normalized spacial score (nSPS) is 15.7. The van der Waals surface area contributed by atoms with Gasteiger partial charge in [-0.25, -0.2) is 0 Å². The van der Waals surface area contributed by atoms with Gasteiger partial charge in [0.2, 0.25) is 0 Å². The van der Waals surface area contributed by atoms with Crippen molar-refractivity contribution in [1.82, 2.24) is 15.5 Å². The van der Waals surface area contributed by atoms with Gasteiger partial charge in [-0.1, -0.05) is 11.6 Å². The molecule has 1 aliphatic rings. The smallest absolute Gasteiger partial charge is 0.309 e. The van der Waals surface area contributed by atoms with Crippen LogP contribution in [-0.4, -0.2) is 43.9 Å². The first-order chi connectivity index (χ1) is 11.6. The second-order valence-electron chi connectivity index (χ2n) is 6.36. The number of carbonyl (C=O) groups is 2. The molecule has 0 fully saturated rings. The molecule has 0 spiro atoms. The van der Waals surface area contributed by atoms with E-state index in [1.807, 2.05) is 30.4 Å². The lowest BCUT2D eigenvalue weighted by Crippen LogP contribution is -2.43. The lowest BCUT2D eigenvalue weighted by molar-refractivity contribution is -0.139. The number of amides is 2. The van der Waals surface area contributed by atoms with E-state index in [2.05, 4.69) is 22.1 Å². The third-order valence-electron chi connectivity index (χ3n) is 4.33. The number of thiophene rings is 1. The molecule has 132 valence electrons. The third-order valence-corrected chi connectivity index (χ3v) is 5.03. The number of allylic oxidation sites excluding steroid dienone is 1. The zero-order chi connectivity index (χ0) is 17.4. The quantitative estimate of drug-likeness (QED) is 0.587. The summed E-state index contributed by atoms with van der Waals surface area (Å²) in [6, 6.07) is 2.11. The van der Waals surface area contributed by atoms with E-state index in [0.29, 0.717) is 13.1 Å². The van der Waals surface area contributed by atoms with Gasteiger partial charge in [0.15, 0.2) is 0 Å². The number of rotatable bonds is 7. The highest BCUT2D eigenvalue weighted by Gasteiger charge is 2.18. The summed E-state index contributed by atoms with van der Waals surface area (Å²) in [7, 11) is 3.93. The molecule has 0 saturated carbocycles. The molecule has 1 atom stereocenters. The molecule has 0 aliphatic heterocycles. The molecule has 2 N–H and O–H groups in total. The predicted octanol–water partition coefficient (Wildman–Crippen LogP) is 2.47. The van der Waals surface area contributed by atoms with Gasteiger partial charge in [-0.05, 0) is 68.6 Å². The van der Waals surface area contributed by atoms with E-state index >= 15 is 0 Å². The van der Waals surface area contributed by atoms with Gasteiger partial charge >= 0.3 is 11.8 Å². The standard InChI is InChI=1S/C18H27N3O2S/c1-21(2)16(15-9-11-24-13-15)12-20-18(23)17(22)19-10-8-14-6-4-3-5-7-14/h6,9,11,13,16H,3-5,7-8,10,12H2,1-2H3,(H,19,22)(H,20,23). The first-order valence-electron chi connectivity index (χ1n) is 8.50. The summed E-state index contributed by atoms with van der Waals surface area (Å²) in [5, 5.41) is 9.53. The monoisotopic (exact) mass is 349 g/mol. The molecular formula is C18H27N3O2S. The predicted molar refractivity (Wildman–Crippen MR) is 97.9 cm³/mol. The van der Waals surface area contributed by atoms with Crippen LogP contribution in [0.2, 0.25) is 0 Å². The van der Waals surface area contributed by atoms with Crippen LogP contribution >= 0.6 is 11.3 Å². The summed E-state index contributed by atoms with van der Waals surface area (Å²) >= 11 is 1.63. The second-order valence-corrected chi connectivity index (χ2v) is 7.14. The highest BCUT2D eigenvalue weighted by atomic mass is 32.1. The SMILES string of the molecule is CN(C)C(CNC(=O)C(=O)NCCC1=CCCCC1)c1ccsc1. The Morgan fingerprint density at radius 2 is 2.04 bits per heavy atom. The lowest BCUT2D eigenvalue weighted by Gasteiger charge is -2.23. The van der Waals surface area contributed by atoms with Crippen molar-refractivity contribution in [2.75, 3.05) is 27.2 Å². The van der Waals surface area contributed by atoms with E-state index < -0.39 is 11.8 Å². The molecule has 1 unspecified atom stereocenters. The van der Waals surface area contributed by atoms with Crippen molar-refractivity contribution in [3.05, 3.63) is 34.0 Å². The fourth-order valence-corrected chi connectivity index (χ4v) is 3.59. The molecule has 1 aliphatic carbocycles. The van der Waals surface area contributed by atoms with Gasteiger partial charge in [0.25, 0.3) is 0 Å². The first-order valence-corrected chi connectivity index (χ1v) is 9.44. The molecule has 2 amide bonds. The molecule has 0 bridgehead atoms. The van der Waals surface area contributed by atoms with Crippen LogP contribution in [0, 0.1) is 0 Å². The highest BCUT2D eigenvalue weighted by Crippen LogP contribution is 2.20. The fourth-order valence-electron chi connectivity index (χ4n) is 2.88. The maximum Gasteiger partial charge on any atom is 0.309 e. The summed E-state index contributed by atoms with van der Waals surface area (Å²) in [4.78, 5) is 25.9. The van der Waals surface area contributed by atoms with Crippen molar-refractivity contribution in [1.29, 1.82) is 0 Å². The minimum absolute atomic E-state index is 0.0698. The number of nitrogens with zero attached hydrogens (tertiary/aromatic N) is 1. The lowest BCUT2D eigenvalue weighted by atomic mass is 9.97. The van der Waals surface area contributed by atoms with Crippen molar-refractivity contribution < 1.29 is 9.59 Å². The number of likely N-dealkylation sites (N-methyl/N-ethyl adjacent to an activating group) is 1. The van der Waals surface area contributed by atoms with Gasteiger partial charge in [-0.15, -0.1) is 0 Å². The van der Waals surface area contributed by atoms with E-state index in [1.54, 1.807) is 11.3 Å². The first kappa shape index (κ1) is 18.7. The number of carbonyl (C=O) groups excluding carboxylic acids is 2. The minimum atomic E-state index is -0.560. The van der Waals surface area contributed by atoms with Crippen molar-refractivity contribution in [3.63, 3.8) is 0 Å². The molecule has 0 saturated heterocycles. The van der Waals surface area contributed by atoms with Gasteiger partial charge in [0, 0.05) is 13.1 Å². The summed E-state index contributed by atoms with van der Waals surface area (Å²) < 4.78 is 0. The van der Waals surface area contributed by atoms with E-state index in [1.165, 1.54) is 18.4 Å². The molecule has 5 nitrogen and oxygen atoms in total. The Morgan fingerprint density at radius 1 is 1.25 bits per heavy atom. The summed E-state index contributed by atoms with van der Waals surface area (Å²) in [5.41, 5.74) is 2.54. The molecule has 1 aromatic heterocycles. The molecule has 1 aromatic rings. The molecule has 24 heavy (non-hydrogen) atoms. The van der Waals surface area contributed by atoms with Crippen LogP contribution in [0.5, 0.6) is 0 Å². The highest BCUT2D eigenvalue weighted by molar-refractivity contribution is 7.07. The fraction of sp³-hybridized carbons (Fsp3) is 0.556. The maximum atomic E-state index is 12.0. The molecule has 2 rings (SSSR count). The Labute approximate surface area is 148 Å². The van der Waals surface area contributed by atoms with Crippen LogP contribution in [0.3, 0.4) is 0 Å². The van der Waals surface area contributed by atoms with Crippen molar-refractivity contribution in [3.8, 4) is 0 Å². The maximum absolute atomic E-state index is 12.0. The van der Waals surface area contributed by atoms with E-state index in [9.17, 15) is 9.59 Å². The average Bonchev–Trinajstić information content (AvgIpc) is 3.09. The summed E-state index contributed by atoms with van der Waals surface area (Å²) in [6.45, 7) is 0.945. The second kappa shape index (κ2) is 9.59. The minimum Gasteiger partial charge on any atom is -0.348 e. The van der Waals surface area contributed by atoms with Crippen LogP contribution in [0.1, 0.15) is 43.7 Å². The van der Waals surface area contributed by atoms with Crippen molar-refractivity contribution >= 4 is 23.2 Å². The summed E-state index contributed by atoms with van der Waals surface area (Å²) in [5.74, 6) is -1.11. The zero-order valence-corrected chi connectivity index (χ0v) is 15.3. The van der Waals surface area contributed by atoms with Gasteiger partial charge < -0.3 is 15.5 Å². The molecule has 6 heteroatoms. The van der Waals surface area contributed by atoms with Crippen molar-refractivity contribution in [2.24, 2.45) is 0 Å². The Morgan fingerprint density at radius 3 is 2.67 bits per heavy atom. The number of nitrogens with one attached hydrogen (secondary N) is 2. The van der Waals surface area contributed by atoms with Crippen LogP contribution < -0.4 is 10.6 Å². The van der Waals surface area contributed by atoms with Crippen LogP contribution in [0.15, 0.2) is 28.5 Å². The largest absolute Gasteiger partial charge is 0.348 e. The van der Waals surface area contributed by atoms with Gasteiger partial charge in [-0.3, -0.25) is 9.59 Å². The van der Waals surface area contributed by atoms with Crippen LogP contribution in [0.4, 0.5) is 0 Å². The Bertz CT molecular complexity index is 567. The number of hydrogen-bond acceptors (Lipinski definition) is 4. The third kappa shape index (κ3) is 5.76. The molecule has 0 radical (unpaired) electrons. The number of hydrogen-bond donors (Lipinski definition) is 2. The van der Waals surface area contributed by atoms with Gasteiger partial charge in [-0.2, -0.15) is 11.3 Å². The molecule has 0 aromatic carbocycles. The summed E-state index contributed by atoms with van der Waals surface area (Å²) in [6.07, 6.45) is 7.85. The van der Waals surface area contributed by atoms with Gasteiger partial charge in [0.1, 0.15) is 0 Å². The Hall–Kier alpha value is -1.66. The Balaban J connectivity index is 1.72. The van der Waals surface area contributed by atoms with E-state index in [0.717, 1.165) is 24.8 Å². The van der Waals surface area contributed by atoms with E-state index in [4.69, 9.17) is 0 Å². The zero-order valence-electron chi connectivity index (χ0n) is 14.5. The molecular weight excluding hydrogens is 322 g/mol. The van der Waals surface area contributed by atoms with E-state index in [-0.39, 0.29) is 6.04 Å². The average molecular weight is 350 g/mol.